The summed E-state index contributed by atoms with van der Waals surface area (Å²) in [5.74, 6) is -0.242. The number of sulfonamides is 1. The van der Waals surface area contributed by atoms with E-state index in [1.807, 2.05) is 0 Å². The maximum Gasteiger partial charge on any atom is 0.256 e. The van der Waals surface area contributed by atoms with Crippen molar-refractivity contribution in [2.45, 2.75) is 63.1 Å². The Hall–Kier alpha value is -2.57. The minimum absolute atomic E-state index is 0.00580. The molecule has 180 valence electrons. The summed E-state index contributed by atoms with van der Waals surface area (Å²) in [7, 11) is -3.21. The van der Waals surface area contributed by atoms with Gasteiger partial charge in [0.15, 0.2) is 0 Å². The van der Waals surface area contributed by atoms with Crippen LogP contribution in [0, 0.1) is 0 Å². The third kappa shape index (κ3) is 5.33. The average molecular weight is 479 g/mol. The van der Waals surface area contributed by atoms with Crippen molar-refractivity contribution in [3.63, 3.8) is 0 Å². The summed E-state index contributed by atoms with van der Waals surface area (Å²) in [6.07, 6.45) is 6.02. The number of amides is 1. The molecule has 1 saturated heterocycles. The van der Waals surface area contributed by atoms with Crippen LogP contribution < -0.4 is 16.6 Å². The first-order valence-corrected chi connectivity index (χ1v) is 13.1. The van der Waals surface area contributed by atoms with Gasteiger partial charge in [0, 0.05) is 42.3 Å². The second-order valence-corrected chi connectivity index (χ2v) is 11.0. The number of nitrogens with two attached hydrogens (primary N) is 1. The van der Waals surface area contributed by atoms with Crippen LogP contribution in [0.1, 0.15) is 50.1 Å². The number of aliphatic hydroxyl groups excluding tert-OH is 1. The molecule has 11 nitrogen and oxygen atoms in total. The van der Waals surface area contributed by atoms with E-state index in [9.17, 15) is 23.1 Å². The number of carbonyl (C=O) groups excluding carboxylic acids is 1. The maximum absolute atomic E-state index is 13.3. The van der Waals surface area contributed by atoms with E-state index < -0.39 is 22.0 Å². The summed E-state index contributed by atoms with van der Waals surface area (Å²) < 4.78 is 26.5. The Morgan fingerprint density at radius 2 is 2.00 bits per heavy atom. The minimum atomic E-state index is -3.21. The molecule has 1 aliphatic carbocycles. The van der Waals surface area contributed by atoms with E-state index in [2.05, 4.69) is 15.3 Å². The summed E-state index contributed by atoms with van der Waals surface area (Å²) >= 11 is 0. The molecule has 12 heteroatoms. The lowest BCUT2D eigenvalue weighted by atomic mass is 9.92. The molecule has 4 N–H and O–H groups in total. The molecule has 2 aromatic rings. The number of fused-ring (bicyclic) bond motifs is 1. The summed E-state index contributed by atoms with van der Waals surface area (Å²) in [5.41, 5.74) is 5.74. The second-order valence-electron chi connectivity index (χ2n) is 9.02. The number of pyridine rings is 1. The van der Waals surface area contributed by atoms with E-state index in [1.165, 1.54) is 10.6 Å². The van der Waals surface area contributed by atoms with Crippen LogP contribution in [0.5, 0.6) is 0 Å². The fourth-order valence-electron chi connectivity index (χ4n) is 4.79. The van der Waals surface area contributed by atoms with E-state index in [4.69, 9.17) is 5.73 Å². The van der Waals surface area contributed by atoms with Gasteiger partial charge in [-0.3, -0.25) is 14.2 Å². The van der Waals surface area contributed by atoms with Crippen molar-refractivity contribution in [2.75, 3.05) is 24.7 Å². The van der Waals surface area contributed by atoms with Crippen molar-refractivity contribution in [2.24, 2.45) is 5.73 Å². The lowest BCUT2D eigenvalue weighted by molar-refractivity contribution is -0.117. The van der Waals surface area contributed by atoms with E-state index in [1.54, 1.807) is 16.8 Å². The van der Waals surface area contributed by atoms with Crippen LogP contribution in [0.3, 0.4) is 0 Å². The highest BCUT2D eigenvalue weighted by Crippen LogP contribution is 2.30. The number of rotatable bonds is 6. The van der Waals surface area contributed by atoms with Crippen molar-refractivity contribution >= 4 is 32.9 Å². The van der Waals surface area contributed by atoms with Gasteiger partial charge in [-0.15, -0.1) is 0 Å². The lowest BCUT2D eigenvalue weighted by Gasteiger charge is -2.31. The average Bonchev–Trinajstić information content (AvgIpc) is 2.74. The summed E-state index contributed by atoms with van der Waals surface area (Å²) in [6.45, 7) is 0.844. The third-order valence-corrected chi connectivity index (χ3v) is 7.76. The smallest absolute Gasteiger partial charge is 0.256 e. The number of nitrogens with zero attached hydrogens (tertiary/aromatic N) is 4. The van der Waals surface area contributed by atoms with Gasteiger partial charge in [0.25, 0.3) is 5.56 Å². The SMILES string of the molecule is CS(=O)(=O)N1CCC(Nc2ncc3cc(CC(N)=O)c(=O)n([C@@H]4CCC[C@@H](O)C4)c3n2)CC1. The topological polar surface area (TPSA) is 161 Å². The van der Waals surface area contributed by atoms with Crippen LogP contribution in [0.15, 0.2) is 17.1 Å². The zero-order valence-corrected chi connectivity index (χ0v) is 19.4. The number of hydrogen-bond donors (Lipinski definition) is 3. The van der Waals surface area contributed by atoms with Crippen LogP contribution >= 0.6 is 0 Å². The van der Waals surface area contributed by atoms with Crippen molar-refractivity contribution in [1.29, 1.82) is 0 Å². The van der Waals surface area contributed by atoms with Crippen LogP contribution in [0.2, 0.25) is 0 Å². The highest BCUT2D eigenvalue weighted by Gasteiger charge is 2.27. The summed E-state index contributed by atoms with van der Waals surface area (Å²) in [4.78, 5) is 33.8. The summed E-state index contributed by atoms with van der Waals surface area (Å²) in [6, 6.07) is 1.37. The second kappa shape index (κ2) is 9.35. The Kier molecular flexibility index (Phi) is 6.68. The van der Waals surface area contributed by atoms with Gasteiger partial charge in [-0.2, -0.15) is 4.98 Å². The largest absolute Gasteiger partial charge is 0.393 e. The number of aromatic nitrogens is 3. The third-order valence-electron chi connectivity index (χ3n) is 6.45. The zero-order chi connectivity index (χ0) is 23.8. The van der Waals surface area contributed by atoms with Crippen LogP contribution in [-0.4, -0.2) is 69.8 Å². The quantitative estimate of drug-likeness (QED) is 0.528. The first-order valence-electron chi connectivity index (χ1n) is 11.2. The number of primary amides is 1. The molecule has 0 spiro atoms. The number of piperidine rings is 1. The minimum Gasteiger partial charge on any atom is -0.393 e. The Balaban J connectivity index is 1.66. The molecule has 3 heterocycles. The van der Waals surface area contributed by atoms with Gasteiger partial charge in [0.1, 0.15) is 5.65 Å². The molecule has 0 unspecified atom stereocenters. The lowest BCUT2D eigenvalue weighted by Crippen LogP contribution is -2.42. The highest BCUT2D eigenvalue weighted by molar-refractivity contribution is 7.88. The van der Waals surface area contributed by atoms with Gasteiger partial charge < -0.3 is 16.2 Å². The molecule has 1 amide bonds. The van der Waals surface area contributed by atoms with Crippen LogP contribution in [0.25, 0.3) is 11.0 Å². The Bertz CT molecular complexity index is 1210. The fraction of sp³-hybridized carbons (Fsp3) is 0.619. The summed E-state index contributed by atoms with van der Waals surface area (Å²) in [5, 5.41) is 14.1. The fourth-order valence-corrected chi connectivity index (χ4v) is 5.66. The monoisotopic (exact) mass is 478 g/mol. The van der Waals surface area contributed by atoms with Gasteiger partial charge in [0.2, 0.25) is 21.9 Å². The first-order chi connectivity index (χ1) is 15.6. The van der Waals surface area contributed by atoms with Crippen molar-refractivity contribution < 1.29 is 18.3 Å². The molecule has 1 saturated carbocycles. The molecule has 2 aromatic heterocycles. The molecule has 33 heavy (non-hydrogen) atoms. The van der Waals surface area contributed by atoms with E-state index >= 15 is 0 Å². The van der Waals surface area contributed by atoms with Gasteiger partial charge >= 0.3 is 0 Å². The molecule has 1 aliphatic heterocycles. The van der Waals surface area contributed by atoms with E-state index in [0.29, 0.717) is 55.8 Å². The van der Waals surface area contributed by atoms with Crippen LogP contribution in [0.4, 0.5) is 5.95 Å². The molecule has 0 radical (unpaired) electrons. The normalized spacial score (nSPS) is 23.0. The predicted molar refractivity (Wildman–Crippen MR) is 123 cm³/mol. The zero-order valence-electron chi connectivity index (χ0n) is 18.6. The molecule has 2 aliphatic rings. The predicted octanol–water partition coefficient (Wildman–Crippen LogP) is 0.131. The van der Waals surface area contributed by atoms with Gasteiger partial charge in [-0.05, 0) is 44.6 Å². The number of hydrogen-bond acceptors (Lipinski definition) is 8. The highest BCUT2D eigenvalue weighted by atomic mass is 32.2. The Morgan fingerprint density at radius 1 is 1.27 bits per heavy atom. The molecule has 2 fully saturated rings. The number of nitrogens with one attached hydrogen (secondary N) is 1. The van der Waals surface area contributed by atoms with Crippen molar-refractivity contribution in [1.82, 2.24) is 18.8 Å². The van der Waals surface area contributed by atoms with Crippen LogP contribution in [-0.2, 0) is 21.2 Å². The Labute approximate surface area is 192 Å². The molecular formula is C21H30N6O5S. The number of carbonyl (C=O) groups is 1. The molecule has 2 atom stereocenters. The molecule has 4 rings (SSSR count). The Morgan fingerprint density at radius 3 is 2.64 bits per heavy atom. The van der Waals surface area contributed by atoms with Crippen molar-refractivity contribution in [3.05, 3.63) is 28.2 Å². The maximum atomic E-state index is 13.3. The van der Waals surface area contributed by atoms with Crippen molar-refractivity contribution in [3.8, 4) is 0 Å². The molecule has 0 bridgehead atoms. The molecule has 0 aromatic carbocycles. The standard InChI is InChI=1S/C21H30N6O5S/c1-33(31,32)26-7-5-15(6-8-26)24-21-23-12-14-9-13(10-18(22)29)20(30)27(19(14)25-21)16-3-2-4-17(28)11-16/h9,12,15-17,28H,2-8,10-11H2,1H3,(H2,22,29)(H,23,24,25)/t16-,17-/m1/s1. The van der Waals surface area contributed by atoms with Gasteiger partial charge in [-0.1, -0.05) is 0 Å². The van der Waals surface area contributed by atoms with Gasteiger partial charge in [-0.25, -0.2) is 17.7 Å². The van der Waals surface area contributed by atoms with Gasteiger partial charge in [0.05, 0.1) is 18.8 Å². The first kappa shape index (κ1) is 23.6. The van der Waals surface area contributed by atoms with E-state index in [-0.39, 0.29) is 29.6 Å². The number of aliphatic hydroxyl groups is 1. The molecular weight excluding hydrogens is 448 g/mol. The number of anilines is 1. The van der Waals surface area contributed by atoms with E-state index in [0.717, 1.165) is 12.8 Å².